The molecule has 1 aromatic carbocycles. The highest BCUT2D eigenvalue weighted by molar-refractivity contribution is 6.05. The summed E-state index contributed by atoms with van der Waals surface area (Å²) in [6.45, 7) is 6.79. The third-order valence-corrected chi connectivity index (χ3v) is 5.69. The molecule has 2 aromatic rings. The fraction of sp³-hybridized carbons (Fsp3) is 0.480. The minimum absolute atomic E-state index is 0.00197. The van der Waals surface area contributed by atoms with Gasteiger partial charge < -0.3 is 19.3 Å². The molecule has 0 radical (unpaired) electrons. The van der Waals surface area contributed by atoms with Gasteiger partial charge in [0.1, 0.15) is 17.9 Å². The van der Waals surface area contributed by atoms with Crippen molar-refractivity contribution in [1.29, 1.82) is 0 Å². The van der Waals surface area contributed by atoms with Crippen molar-refractivity contribution >= 4 is 17.8 Å². The van der Waals surface area contributed by atoms with E-state index < -0.39 is 5.97 Å². The number of benzene rings is 1. The first-order chi connectivity index (χ1) is 16.4. The van der Waals surface area contributed by atoms with Crippen molar-refractivity contribution in [2.24, 2.45) is 0 Å². The first-order valence-corrected chi connectivity index (χ1v) is 11.6. The summed E-state index contributed by atoms with van der Waals surface area (Å²) in [5.74, 6) is -0.697. The number of nitrogens with zero attached hydrogens (tertiary/aromatic N) is 4. The lowest BCUT2D eigenvalue weighted by molar-refractivity contribution is -0.139. The second-order valence-electron chi connectivity index (χ2n) is 8.17. The maximum absolute atomic E-state index is 13.7. The molecule has 2 amide bonds. The van der Waals surface area contributed by atoms with Crippen LogP contribution < -0.4 is 0 Å². The lowest BCUT2D eigenvalue weighted by Crippen LogP contribution is -2.56. The largest absolute Gasteiger partial charge is 0.462 e. The van der Waals surface area contributed by atoms with Gasteiger partial charge in [-0.3, -0.25) is 9.59 Å². The highest BCUT2D eigenvalue weighted by Gasteiger charge is 2.34. The zero-order valence-electron chi connectivity index (χ0n) is 20.2. The van der Waals surface area contributed by atoms with E-state index in [-0.39, 0.29) is 42.3 Å². The summed E-state index contributed by atoms with van der Waals surface area (Å²) in [5.41, 5.74) is 1.42. The average molecular weight is 469 g/mol. The molecule has 3 rings (SSSR count). The van der Waals surface area contributed by atoms with Gasteiger partial charge in [0.15, 0.2) is 5.82 Å². The fourth-order valence-corrected chi connectivity index (χ4v) is 4.08. The second kappa shape index (κ2) is 11.7. The van der Waals surface area contributed by atoms with E-state index in [0.29, 0.717) is 37.6 Å². The number of rotatable bonds is 8. The second-order valence-corrected chi connectivity index (χ2v) is 8.17. The Kier molecular flexibility index (Phi) is 8.70. The monoisotopic (exact) mass is 468 g/mol. The van der Waals surface area contributed by atoms with Crippen LogP contribution in [0.25, 0.3) is 11.4 Å². The van der Waals surface area contributed by atoms with Crippen molar-refractivity contribution in [2.45, 2.75) is 39.7 Å². The van der Waals surface area contributed by atoms with Crippen LogP contribution in [0, 0.1) is 0 Å². The van der Waals surface area contributed by atoms with Crippen molar-refractivity contribution in [1.82, 2.24) is 19.8 Å². The minimum atomic E-state index is -0.601. The van der Waals surface area contributed by atoms with E-state index in [2.05, 4.69) is 9.97 Å². The van der Waals surface area contributed by atoms with Gasteiger partial charge in [0.05, 0.1) is 12.3 Å². The number of carbonyl (C=O) groups is 3. The van der Waals surface area contributed by atoms with E-state index >= 15 is 0 Å². The standard InChI is InChI=1S/C25H32N4O5/c1-5-10-19-21(25(32)34-6-2)22(27-23(26-19)18-11-8-7-9-12-18)24(31)28-13-14-29(17(3)15-28)20(30)16-33-4/h7-9,11-12,17H,5-6,10,13-16H2,1-4H3. The Bertz CT molecular complexity index is 1030. The normalized spacial score (nSPS) is 15.8. The summed E-state index contributed by atoms with van der Waals surface area (Å²) in [6, 6.07) is 9.17. The molecular formula is C25H32N4O5. The molecule has 2 heterocycles. The lowest BCUT2D eigenvalue weighted by Gasteiger charge is -2.39. The fourth-order valence-electron chi connectivity index (χ4n) is 4.08. The zero-order chi connectivity index (χ0) is 24.7. The first-order valence-electron chi connectivity index (χ1n) is 11.6. The third kappa shape index (κ3) is 5.59. The van der Waals surface area contributed by atoms with Gasteiger partial charge in [-0.05, 0) is 20.3 Å². The van der Waals surface area contributed by atoms with E-state index in [1.807, 2.05) is 44.2 Å². The molecular weight excluding hydrogens is 436 g/mol. The Labute approximate surface area is 200 Å². The van der Waals surface area contributed by atoms with Gasteiger partial charge in [-0.25, -0.2) is 14.8 Å². The molecule has 0 spiro atoms. The van der Waals surface area contributed by atoms with Crippen molar-refractivity contribution in [3.8, 4) is 11.4 Å². The molecule has 1 fully saturated rings. The Hall–Kier alpha value is -3.33. The molecule has 1 aliphatic rings. The summed E-state index contributed by atoms with van der Waals surface area (Å²) in [6.07, 6.45) is 1.25. The zero-order valence-corrected chi connectivity index (χ0v) is 20.2. The van der Waals surface area contributed by atoms with Crippen molar-refractivity contribution in [2.75, 3.05) is 40.0 Å². The van der Waals surface area contributed by atoms with Crippen molar-refractivity contribution in [3.05, 3.63) is 47.3 Å². The van der Waals surface area contributed by atoms with Crippen LogP contribution in [0.2, 0.25) is 0 Å². The summed E-state index contributed by atoms with van der Waals surface area (Å²) in [7, 11) is 1.48. The Balaban J connectivity index is 2.02. The third-order valence-electron chi connectivity index (χ3n) is 5.69. The smallest absolute Gasteiger partial charge is 0.342 e. The van der Waals surface area contributed by atoms with Crippen LogP contribution in [-0.4, -0.2) is 83.6 Å². The predicted octanol–water partition coefficient (Wildman–Crippen LogP) is 2.59. The number of amides is 2. The van der Waals surface area contributed by atoms with E-state index in [0.717, 1.165) is 12.0 Å². The Morgan fingerprint density at radius 2 is 1.82 bits per heavy atom. The van der Waals surface area contributed by atoms with Gasteiger partial charge >= 0.3 is 5.97 Å². The van der Waals surface area contributed by atoms with E-state index in [4.69, 9.17) is 9.47 Å². The first kappa shape index (κ1) is 25.3. The number of aromatic nitrogens is 2. The highest BCUT2D eigenvalue weighted by Crippen LogP contribution is 2.24. The number of ether oxygens (including phenoxy) is 2. The summed E-state index contributed by atoms with van der Waals surface area (Å²) < 4.78 is 10.2. The molecule has 9 nitrogen and oxygen atoms in total. The number of hydrogen-bond donors (Lipinski definition) is 0. The van der Waals surface area contributed by atoms with E-state index in [9.17, 15) is 14.4 Å². The van der Waals surface area contributed by atoms with Gasteiger partial charge in [-0.1, -0.05) is 43.7 Å². The minimum Gasteiger partial charge on any atom is -0.462 e. The lowest BCUT2D eigenvalue weighted by atomic mass is 10.0. The van der Waals surface area contributed by atoms with Gasteiger partial charge in [-0.2, -0.15) is 0 Å². The molecule has 1 aliphatic heterocycles. The quantitative estimate of drug-likeness (QED) is 0.549. The van der Waals surface area contributed by atoms with Crippen LogP contribution in [0.1, 0.15) is 53.7 Å². The molecule has 1 saturated heterocycles. The molecule has 34 heavy (non-hydrogen) atoms. The SMILES string of the molecule is CCCc1nc(-c2ccccc2)nc(C(=O)N2CCN(C(=O)COC)C(C)C2)c1C(=O)OCC. The summed E-state index contributed by atoms with van der Waals surface area (Å²) >= 11 is 0. The number of carbonyl (C=O) groups excluding carboxylic acids is 3. The van der Waals surface area contributed by atoms with Crippen molar-refractivity contribution < 1.29 is 23.9 Å². The predicted molar refractivity (Wildman–Crippen MR) is 126 cm³/mol. The maximum Gasteiger partial charge on any atom is 0.342 e. The molecule has 1 unspecified atom stereocenters. The van der Waals surface area contributed by atoms with Crippen LogP contribution in [0.3, 0.4) is 0 Å². The molecule has 1 atom stereocenters. The highest BCUT2D eigenvalue weighted by atomic mass is 16.5. The Morgan fingerprint density at radius 3 is 2.44 bits per heavy atom. The molecule has 182 valence electrons. The van der Waals surface area contributed by atoms with Crippen LogP contribution >= 0.6 is 0 Å². The maximum atomic E-state index is 13.7. The number of esters is 1. The molecule has 9 heteroatoms. The number of piperazine rings is 1. The molecule has 1 aromatic heterocycles. The summed E-state index contributed by atoms with van der Waals surface area (Å²) in [4.78, 5) is 51.5. The van der Waals surface area contributed by atoms with Crippen LogP contribution in [0.15, 0.2) is 30.3 Å². The van der Waals surface area contributed by atoms with Gasteiger partial charge in [0.25, 0.3) is 5.91 Å². The topological polar surface area (TPSA) is 102 Å². The van der Waals surface area contributed by atoms with Crippen LogP contribution in [0.5, 0.6) is 0 Å². The molecule has 0 saturated carbocycles. The average Bonchev–Trinajstić information content (AvgIpc) is 2.84. The molecule has 0 aliphatic carbocycles. The van der Waals surface area contributed by atoms with Gasteiger partial charge in [0, 0.05) is 38.3 Å². The van der Waals surface area contributed by atoms with Crippen LogP contribution in [0.4, 0.5) is 0 Å². The van der Waals surface area contributed by atoms with Crippen LogP contribution in [-0.2, 0) is 20.7 Å². The molecule has 0 bridgehead atoms. The number of hydrogen-bond acceptors (Lipinski definition) is 7. The molecule has 0 N–H and O–H groups in total. The van der Waals surface area contributed by atoms with Gasteiger partial charge in [0.2, 0.25) is 5.91 Å². The Morgan fingerprint density at radius 1 is 1.09 bits per heavy atom. The summed E-state index contributed by atoms with van der Waals surface area (Å²) in [5, 5.41) is 0. The van der Waals surface area contributed by atoms with E-state index in [1.54, 1.807) is 16.7 Å². The number of aryl methyl sites for hydroxylation is 1. The van der Waals surface area contributed by atoms with E-state index in [1.165, 1.54) is 7.11 Å². The van der Waals surface area contributed by atoms with Gasteiger partial charge in [-0.15, -0.1) is 0 Å². The van der Waals surface area contributed by atoms with Crippen molar-refractivity contribution in [3.63, 3.8) is 0 Å². The number of methoxy groups -OCH3 is 1.